The van der Waals surface area contributed by atoms with E-state index in [2.05, 4.69) is 26.0 Å². The summed E-state index contributed by atoms with van der Waals surface area (Å²) < 4.78 is 10.4. The first kappa shape index (κ1) is 19.0. The van der Waals surface area contributed by atoms with Crippen LogP contribution in [0.2, 0.25) is 0 Å². The van der Waals surface area contributed by atoms with Gasteiger partial charge in [0, 0.05) is 36.4 Å². The van der Waals surface area contributed by atoms with Crippen molar-refractivity contribution in [3.8, 4) is 17.1 Å². The number of rotatable bonds is 7. The van der Waals surface area contributed by atoms with Crippen molar-refractivity contribution in [2.24, 2.45) is 0 Å². The monoisotopic (exact) mass is 381 g/mol. The molecule has 0 radical (unpaired) electrons. The lowest BCUT2D eigenvalue weighted by molar-refractivity contribution is -0.121. The molecule has 0 fully saturated rings. The summed E-state index contributed by atoms with van der Waals surface area (Å²) in [5.41, 5.74) is 5.85. The number of benzene rings is 1. The summed E-state index contributed by atoms with van der Waals surface area (Å²) in [6.07, 6.45) is 3.60. The van der Waals surface area contributed by atoms with Gasteiger partial charge in [0.05, 0.1) is 6.61 Å². The topological polar surface area (TPSA) is 119 Å². The van der Waals surface area contributed by atoms with E-state index in [9.17, 15) is 9.59 Å². The minimum absolute atomic E-state index is 0.0816. The number of pyridine rings is 1. The van der Waals surface area contributed by atoms with Gasteiger partial charge in [-0.3, -0.25) is 25.4 Å². The second-order valence-electron chi connectivity index (χ2n) is 5.71. The summed E-state index contributed by atoms with van der Waals surface area (Å²) in [5.74, 6) is 0.612. The highest BCUT2D eigenvalue weighted by Crippen LogP contribution is 2.14. The van der Waals surface area contributed by atoms with E-state index in [1.165, 1.54) is 0 Å². The van der Waals surface area contributed by atoms with Crippen LogP contribution in [0.1, 0.15) is 29.6 Å². The largest absolute Gasteiger partial charge is 0.494 e. The van der Waals surface area contributed by atoms with Gasteiger partial charge in [-0.25, -0.2) is 0 Å². The number of aromatic nitrogens is 3. The van der Waals surface area contributed by atoms with Crippen LogP contribution in [-0.4, -0.2) is 33.5 Å². The van der Waals surface area contributed by atoms with E-state index in [1.54, 1.807) is 42.7 Å². The summed E-state index contributed by atoms with van der Waals surface area (Å²) in [6.45, 7) is 2.43. The predicted molar refractivity (Wildman–Crippen MR) is 99.1 cm³/mol. The quantitative estimate of drug-likeness (QED) is 0.600. The fourth-order valence-electron chi connectivity index (χ4n) is 2.32. The Bertz CT molecular complexity index is 925. The molecule has 0 saturated heterocycles. The van der Waals surface area contributed by atoms with Gasteiger partial charge >= 0.3 is 0 Å². The lowest BCUT2D eigenvalue weighted by atomic mass is 10.2. The van der Waals surface area contributed by atoms with Gasteiger partial charge in [-0.15, -0.1) is 0 Å². The average Bonchev–Trinajstić information content (AvgIpc) is 3.21. The third kappa shape index (κ3) is 5.13. The Labute approximate surface area is 161 Å². The molecule has 0 atom stereocenters. The molecule has 0 aliphatic carbocycles. The molecule has 2 heterocycles. The number of nitrogens with zero attached hydrogens (tertiary/aromatic N) is 3. The van der Waals surface area contributed by atoms with Crippen molar-refractivity contribution in [2.75, 3.05) is 6.61 Å². The van der Waals surface area contributed by atoms with Gasteiger partial charge in [0.1, 0.15) is 5.75 Å². The van der Waals surface area contributed by atoms with Crippen molar-refractivity contribution in [3.63, 3.8) is 0 Å². The maximum atomic E-state index is 12.0. The smallest absolute Gasteiger partial charge is 0.269 e. The Balaban J connectivity index is 1.44. The lowest BCUT2D eigenvalue weighted by Gasteiger charge is -2.07. The molecule has 2 amide bonds. The number of hydrogen-bond donors (Lipinski definition) is 2. The van der Waals surface area contributed by atoms with Crippen LogP contribution in [0.4, 0.5) is 0 Å². The van der Waals surface area contributed by atoms with Gasteiger partial charge in [0.2, 0.25) is 17.6 Å². The van der Waals surface area contributed by atoms with Crippen LogP contribution < -0.4 is 15.6 Å². The molecule has 28 heavy (non-hydrogen) atoms. The number of aryl methyl sites for hydroxylation is 1. The zero-order chi connectivity index (χ0) is 19.8. The fraction of sp³-hybridized carbons (Fsp3) is 0.211. The molecule has 1 aromatic carbocycles. The molecule has 0 bridgehead atoms. The maximum Gasteiger partial charge on any atom is 0.269 e. The minimum atomic E-state index is -0.423. The fourth-order valence-corrected chi connectivity index (χ4v) is 2.32. The third-order valence-electron chi connectivity index (χ3n) is 3.70. The van der Waals surface area contributed by atoms with E-state index in [-0.39, 0.29) is 18.7 Å². The van der Waals surface area contributed by atoms with Crippen LogP contribution in [0.15, 0.2) is 53.3 Å². The van der Waals surface area contributed by atoms with Crippen LogP contribution in [0.25, 0.3) is 11.4 Å². The predicted octanol–water partition coefficient (Wildman–Crippen LogP) is 1.92. The SMILES string of the molecule is CCOc1ccc(C(=O)NNC(=O)CCc2nc(-c3cccnc3)no2)cc1. The summed E-state index contributed by atoms with van der Waals surface area (Å²) in [7, 11) is 0. The maximum absolute atomic E-state index is 12.0. The minimum Gasteiger partial charge on any atom is -0.494 e. The van der Waals surface area contributed by atoms with Gasteiger partial charge in [0.25, 0.3) is 5.91 Å². The Morgan fingerprint density at radius 2 is 1.96 bits per heavy atom. The van der Waals surface area contributed by atoms with Crippen molar-refractivity contribution in [3.05, 3.63) is 60.2 Å². The van der Waals surface area contributed by atoms with Crippen LogP contribution >= 0.6 is 0 Å². The van der Waals surface area contributed by atoms with Crippen LogP contribution in [0.5, 0.6) is 5.75 Å². The van der Waals surface area contributed by atoms with Gasteiger partial charge in [-0.2, -0.15) is 4.98 Å². The second-order valence-corrected chi connectivity index (χ2v) is 5.71. The highest BCUT2D eigenvalue weighted by atomic mass is 16.5. The molecule has 0 aliphatic heterocycles. The van der Waals surface area contributed by atoms with E-state index >= 15 is 0 Å². The molecule has 2 N–H and O–H groups in total. The van der Waals surface area contributed by atoms with Gasteiger partial charge in [-0.1, -0.05) is 5.16 Å². The Morgan fingerprint density at radius 3 is 2.68 bits per heavy atom. The number of nitrogens with one attached hydrogen (secondary N) is 2. The van der Waals surface area contributed by atoms with E-state index < -0.39 is 5.91 Å². The molecule has 2 aromatic heterocycles. The standard InChI is InChI=1S/C19H19N5O4/c1-2-27-15-7-5-13(6-8-15)19(26)23-22-16(25)9-10-17-21-18(24-28-17)14-4-3-11-20-12-14/h3-8,11-12H,2,9-10H2,1H3,(H,22,25)(H,23,26). The first-order valence-corrected chi connectivity index (χ1v) is 8.70. The normalized spacial score (nSPS) is 10.3. The molecule has 9 heteroatoms. The molecule has 0 unspecified atom stereocenters. The number of hydrazine groups is 1. The number of carbonyl (C=O) groups is 2. The summed E-state index contributed by atoms with van der Waals surface area (Å²) in [6, 6.07) is 10.2. The Hall–Kier alpha value is -3.75. The highest BCUT2D eigenvalue weighted by Gasteiger charge is 2.12. The molecular weight excluding hydrogens is 362 g/mol. The Kier molecular flexibility index (Phi) is 6.29. The van der Waals surface area contributed by atoms with Crippen molar-refractivity contribution in [1.29, 1.82) is 0 Å². The van der Waals surface area contributed by atoms with Crippen molar-refractivity contribution in [2.45, 2.75) is 19.8 Å². The Morgan fingerprint density at radius 1 is 1.14 bits per heavy atom. The first-order valence-electron chi connectivity index (χ1n) is 8.70. The van der Waals surface area contributed by atoms with Crippen LogP contribution in [0.3, 0.4) is 0 Å². The number of amides is 2. The second kappa shape index (κ2) is 9.26. The van der Waals surface area contributed by atoms with Crippen molar-refractivity contribution < 1.29 is 18.8 Å². The molecule has 0 aliphatic rings. The van der Waals surface area contributed by atoms with Crippen LogP contribution in [-0.2, 0) is 11.2 Å². The summed E-state index contributed by atoms with van der Waals surface area (Å²) in [4.78, 5) is 32.2. The molecule has 3 aromatic rings. The summed E-state index contributed by atoms with van der Waals surface area (Å²) >= 11 is 0. The third-order valence-corrected chi connectivity index (χ3v) is 3.70. The lowest BCUT2D eigenvalue weighted by Crippen LogP contribution is -2.41. The molecule has 9 nitrogen and oxygen atoms in total. The average molecular weight is 381 g/mol. The molecule has 0 saturated carbocycles. The van der Waals surface area contributed by atoms with E-state index in [0.29, 0.717) is 29.6 Å². The number of carbonyl (C=O) groups excluding carboxylic acids is 2. The van der Waals surface area contributed by atoms with E-state index in [1.807, 2.05) is 13.0 Å². The van der Waals surface area contributed by atoms with Gasteiger partial charge < -0.3 is 9.26 Å². The number of ether oxygens (including phenoxy) is 1. The first-order chi connectivity index (χ1) is 13.7. The molecular formula is C19H19N5O4. The zero-order valence-corrected chi connectivity index (χ0v) is 15.2. The molecule has 3 rings (SSSR count). The highest BCUT2D eigenvalue weighted by molar-refractivity contribution is 5.95. The van der Waals surface area contributed by atoms with Crippen LogP contribution in [0, 0.1) is 0 Å². The van der Waals surface area contributed by atoms with Crippen molar-refractivity contribution >= 4 is 11.8 Å². The van der Waals surface area contributed by atoms with Crippen molar-refractivity contribution in [1.82, 2.24) is 26.0 Å². The summed E-state index contributed by atoms with van der Waals surface area (Å²) in [5, 5.41) is 3.86. The number of hydrogen-bond acceptors (Lipinski definition) is 7. The molecule has 0 spiro atoms. The van der Waals surface area contributed by atoms with E-state index in [4.69, 9.17) is 9.26 Å². The van der Waals surface area contributed by atoms with Gasteiger partial charge in [0.15, 0.2) is 0 Å². The molecule has 144 valence electrons. The zero-order valence-electron chi connectivity index (χ0n) is 15.2. The van der Waals surface area contributed by atoms with Gasteiger partial charge in [-0.05, 0) is 43.3 Å². The van der Waals surface area contributed by atoms with E-state index in [0.717, 1.165) is 5.56 Å².